The molecule has 0 aliphatic heterocycles. The molecule has 0 saturated heterocycles. The smallest absolute Gasteiger partial charge is 0.243 e. The zero-order valence-electron chi connectivity index (χ0n) is 22.7. The zero-order chi connectivity index (χ0) is 27.7. The Morgan fingerprint density at radius 3 is 2.11 bits per heavy atom. The first-order valence-corrected chi connectivity index (χ1v) is 14.1. The summed E-state index contributed by atoms with van der Waals surface area (Å²) in [6, 6.07) is 22.9. The highest BCUT2D eigenvalue weighted by Crippen LogP contribution is 2.25. The Hall–Kier alpha value is -2.82. The summed E-state index contributed by atoms with van der Waals surface area (Å²) in [5.41, 5.74) is 4.18. The van der Waals surface area contributed by atoms with E-state index in [9.17, 15) is 9.59 Å². The van der Waals surface area contributed by atoms with Crippen LogP contribution in [0.3, 0.4) is 0 Å². The second-order valence-corrected chi connectivity index (χ2v) is 11.0. The van der Waals surface area contributed by atoms with Crippen LogP contribution >= 0.6 is 23.2 Å². The zero-order valence-corrected chi connectivity index (χ0v) is 24.2. The molecular weight excluding hydrogens is 515 g/mol. The highest BCUT2D eigenvalue weighted by molar-refractivity contribution is 6.42. The van der Waals surface area contributed by atoms with E-state index in [0.29, 0.717) is 35.2 Å². The number of rotatable bonds is 12. The number of nitrogens with one attached hydrogen (secondary N) is 1. The molecule has 0 heterocycles. The van der Waals surface area contributed by atoms with E-state index in [1.165, 1.54) is 5.56 Å². The van der Waals surface area contributed by atoms with Gasteiger partial charge < -0.3 is 10.2 Å². The molecule has 0 radical (unpaired) electrons. The molecular formula is C32H38Cl2N2O2. The molecule has 0 bridgehead atoms. The molecule has 3 aromatic rings. The molecule has 0 saturated carbocycles. The molecule has 202 valence electrons. The van der Waals surface area contributed by atoms with Crippen molar-refractivity contribution in [3.05, 3.63) is 105 Å². The first-order valence-electron chi connectivity index (χ1n) is 13.3. The number of amides is 2. The van der Waals surface area contributed by atoms with Gasteiger partial charge in [-0.3, -0.25) is 9.59 Å². The number of hydrogen-bond acceptors (Lipinski definition) is 2. The molecule has 3 aromatic carbocycles. The Kier molecular flexibility index (Phi) is 11.2. The van der Waals surface area contributed by atoms with Crippen LogP contribution in [0.1, 0.15) is 68.7 Å². The molecule has 0 aliphatic carbocycles. The maximum atomic E-state index is 13.8. The third kappa shape index (κ3) is 8.61. The van der Waals surface area contributed by atoms with E-state index in [-0.39, 0.29) is 24.4 Å². The summed E-state index contributed by atoms with van der Waals surface area (Å²) >= 11 is 12.4. The highest BCUT2D eigenvalue weighted by Gasteiger charge is 2.31. The molecule has 0 aliphatic rings. The number of halogens is 2. The molecule has 1 N–H and O–H groups in total. The fraction of sp³-hybridized carbons (Fsp3) is 0.375. The van der Waals surface area contributed by atoms with Crippen molar-refractivity contribution in [1.29, 1.82) is 0 Å². The van der Waals surface area contributed by atoms with Gasteiger partial charge in [0.2, 0.25) is 11.8 Å². The highest BCUT2D eigenvalue weighted by atomic mass is 35.5. The number of nitrogens with zero attached hydrogens (tertiary/aromatic N) is 1. The van der Waals surface area contributed by atoms with Gasteiger partial charge in [0, 0.05) is 25.4 Å². The van der Waals surface area contributed by atoms with Crippen molar-refractivity contribution in [2.24, 2.45) is 0 Å². The normalized spacial score (nSPS) is 12.7. The molecule has 6 heteroatoms. The van der Waals surface area contributed by atoms with Crippen molar-refractivity contribution in [3.8, 4) is 0 Å². The summed E-state index contributed by atoms with van der Waals surface area (Å²) in [4.78, 5) is 29.1. The van der Waals surface area contributed by atoms with Gasteiger partial charge in [-0.25, -0.2) is 0 Å². The lowest BCUT2D eigenvalue weighted by atomic mass is 9.99. The standard InChI is InChI=1S/C32H38Cl2N2O2/c1-5-23(4)35-32(38)30(20-25-9-7-6-8-10-25)36(21-26-13-17-28(33)29(34)19-26)31(37)18-14-24-11-15-27(16-12-24)22(2)3/h6-13,15-17,19,22-23,30H,5,14,18,20-21H2,1-4H3,(H,35,38)/t23-,30+/m1/s1. The second-order valence-electron chi connectivity index (χ2n) is 10.2. The van der Waals surface area contributed by atoms with Gasteiger partial charge in [-0.2, -0.15) is 0 Å². The number of hydrogen-bond donors (Lipinski definition) is 1. The maximum Gasteiger partial charge on any atom is 0.243 e. The molecule has 0 fully saturated rings. The quantitative estimate of drug-likeness (QED) is 0.251. The lowest BCUT2D eigenvalue weighted by Gasteiger charge is -2.32. The largest absolute Gasteiger partial charge is 0.352 e. The van der Waals surface area contributed by atoms with Gasteiger partial charge in [-0.05, 0) is 60.1 Å². The Morgan fingerprint density at radius 1 is 0.842 bits per heavy atom. The van der Waals surface area contributed by atoms with E-state index in [1.54, 1.807) is 17.0 Å². The van der Waals surface area contributed by atoms with Gasteiger partial charge in [0.05, 0.1) is 10.0 Å². The fourth-order valence-electron chi connectivity index (χ4n) is 4.29. The Balaban J connectivity index is 1.91. The van der Waals surface area contributed by atoms with E-state index in [2.05, 4.69) is 43.4 Å². The number of aryl methyl sites for hydroxylation is 1. The van der Waals surface area contributed by atoms with Crippen LogP contribution in [0.5, 0.6) is 0 Å². The number of carbonyl (C=O) groups is 2. The van der Waals surface area contributed by atoms with Crippen LogP contribution in [-0.4, -0.2) is 28.8 Å². The molecule has 38 heavy (non-hydrogen) atoms. The van der Waals surface area contributed by atoms with Crippen molar-refractivity contribution in [2.75, 3.05) is 0 Å². The van der Waals surface area contributed by atoms with Crippen molar-refractivity contribution >= 4 is 35.0 Å². The van der Waals surface area contributed by atoms with Gasteiger partial charge >= 0.3 is 0 Å². The average Bonchev–Trinajstić information content (AvgIpc) is 2.91. The van der Waals surface area contributed by atoms with Gasteiger partial charge in [-0.15, -0.1) is 0 Å². The van der Waals surface area contributed by atoms with Crippen molar-refractivity contribution in [3.63, 3.8) is 0 Å². The molecule has 0 unspecified atom stereocenters. The van der Waals surface area contributed by atoms with Crippen LogP contribution in [0.4, 0.5) is 0 Å². The van der Waals surface area contributed by atoms with Gasteiger partial charge in [0.15, 0.2) is 0 Å². The van der Waals surface area contributed by atoms with E-state index < -0.39 is 6.04 Å². The average molecular weight is 554 g/mol. The van der Waals surface area contributed by atoms with Crippen molar-refractivity contribution in [1.82, 2.24) is 10.2 Å². The van der Waals surface area contributed by atoms with Crippen LogP contribution < -0.4 is 5.32 Å². The third-order valence-electron chi connectivity index (χ3n) is 6.88. The minimum atomic E-state index is -0.670. The molecule has 4 nitrogen and oxygen atoms in total. The topological polar surface area (TPSA) is 49.4 Å². The molecule has 0 spiro atoms. The van der Waals surface area contributed by atoms with Crippen molar-refractivity contribution in [2.45, 2.75) is 77.9 Å². The van der Waals surface area contributed by atoms with Crippen molar-refractivity contribution < 1.29 is 9.59 Å². The Bertz CT molecular complexity index is 1200. The van der Waals surface area contributed by atoms with Gasteiger partial charge in [-0.1, -0.05) is 105 Å². The van der Waals surface area contributed by atoms with Crippen LogP contribution in [0.2, 0.25) is 10.0 Å². The summed E-state index contributed by atoms with van der Waals surface area (Å²) in [5, 5.41) is 3.98. The Morgan fingerprint density at radius 2 is 1.50 bits per heavy atom. The Labute approximate surface area is 237 Å². The van der Waals surface area contributed by atoms with Crippen LogP contribution in [-0.2, 0) is 29.0 Å². The van der Waals surface area contributed by atoms with E-state index >= 15 is 0 Å². The van der Waals surface area contributed by atoms with Crippen LogP contribution in [0.25, 0.3) is 0 Å². The molecule has 3 rings (SSSR count). The first kappa shape index (κ1) is 29.7. The van der Waals surface area contributed by atoms with E-state index in [1.807, 2.05) is 50.2 Å². The summed E-state index contributed by atoms with van der Waals surface area (Å²) in [7, 11) is 0. The summed E-state index contributed by atoms with van der Waals surface area (Å²) < 4.78 is 0. The molecule has 2 amide bonds. The SMILES string of the molecule is CC[C@@H](C)NC(=O)[C@H](Cc1ccccc1)N(Cc1ccc(Cl)c(Cl)c1)C(=O)CCc1ccc(C(C)C)cc1. The third-order valence-corrected chi connectivity index (χ3v) is 7.62. The molecule has 2 atom stereocenters. The second kappa shape index (κ2) is 14.4. The summed E-state index contributed by atoms with van der Waals surface area (Å²) in [5.74, 6) is 0.220. The fourth-order valence-corrected chi connectivity index (χ4v) is 4.61. The predicted molar refractivity (Wildman–Crippen MR) is 158 cm³/mol. The van der Waals surface area contributed by atoms with E-state index in [4.69, 9.17) is 23.2 Å². The van der Waals surface area contributed by atoms with Gasteiger partial charge in [0.1, 0.15) is 6.04 Å². The number of benzene rings is 3. The van der Waals surface area contributed by atoms with Gasteiger partial charge in [0.25, 0.3) is 0 Å². The monoisotopic (exact) mass is 552 g/mol. The van der Waals surface area contributed by atoms with E-state index in [0.717, 1.165) is 23.1 Å². The predicted octanol–water partition coefficient (Wildman–Crippen LogP) is 7.60. The first-order chi connectivity index (χ1) is 18.2. The van der Waals surface area contributed by atoms with Crippen LogP contribution in [0, 0.1) is 0 Å². The lowest BCUT2D eigenvalue weighted by Crippen LogP contribution is -2.52. The maximum absolute atomic E-state index is 13.8. The lowest BCUT2D eigenvalue weighted by molar-refractivity contribution is -0.141. The molecule has 0 aromatic heterocycles. The summed E-state index contributed by atoms with van der Waals surface area (Å²) in [6.07, 6.45) is 2.11. The minimum absolute atomic E-state index is 0.00201. The number of carbonyl (C=O) groups excluding carboxylic acids is 2. The summed E-state index contributed by atoms with van der Waals surface area (Å²) in [6.45, 7) is 8.59. The minimum Gasteiger partial charge on any atom is -0.352 e. The van der Waals surface area contributed by atoms with Crippen LogP contribution in [0.15, 0.2) is 72.8 Å².